The Morgan fingerprint density at radius 1 is 1.00 bits per heavy atom. The van der Waals surface area contributed by atoms with Crippen molar-refractivity contribution in [2.45, 2.75) is 0 Å². The fourth-order valence-corrected chi connectivity index (χ4v) is 3.07. The fraction of sp³-hybridized carbons (Fsp3) is 0.158. The number of ether oxygens (including phenoxy) is 3. The summed E-state index contributed by atoms with van der Waals surface area (Å²) in [6.45, 7) is 0. The largest absolute Gasteiger partial charge is 0.493 e. The molecule has 2 aromatic carbocycles. The van der Waals surface area contributed by atoms with Gasteiger partial charge in [0.1, 0.15) is 0 Å². The van der Waals surface area contributed by atoms with Crippen molar-refractivity contribution in [3.8, 4) is 17.2 Å². The van der Waals surface area contributed by atoms with Crippen molar-refractivity contribution in [2.75, 3.05) is 36.7 Å². The molecule has 31 heavy (non-hydrogen) atoms. The number of nitrogens with zero attached hydrogens (tertiary/aromatic N) is 2. The third-order valence-electron chi connectivity index (χ3n) is 4.04. The molecule has 164 valence electrons. The molecule has 0 saturated heterocycles. The highest BCUT2D eigenvalue weighted by atomic mass is 32.2. The zero-order chi connectivity index (χ0) is 22.4. The standard InChI is InChI=1S/C19H20FN5O5S/c1-28-15-8-11(9-16(29-2)17(15)30-3)22-19-21-10-12(20)18(24-19)23-13-6-4-5-7-14(13)25-31(26)27/h4-10,25H,1-3H3,(H,26,27)(H2,21,22,23,24). The molecule has 10 nitrogen and oxygen atoms in total. The Kier molecular flexibility index (Phi) is 7.05. The smallest absolute Gasteiger partial charge is 0.259 e. The number of benzene rings is 2. The van der Waals surface area contributed by atoms with Crippen LogP contribution in [0.25, 0.3) is 0 Å². The summed E-state index contributed by atoms with van der Waals surface area (Å²) in [7, 11) is 4.47. The number of hydrogen-bond donors (Lipinski definition) is 4. The van der Waals surface area contributed by atoms with Crippen molar-refractivity contribution in [2.24, 2.45) is 0 Å². The van der Waals surface area contributed by atoms with E-state index < -0.39 is 17.1 Å². The lowest BCUT2D eigenvalue weighted by Crippen LogP contribution is -2.07. The van der Waals surface area contributed by atoms with E-state index in [1.54, 1.807) is 36.4 Å². The molecule has 0 aliphatic rings. The summed E-state index contributed by atoms with van der Waals surface area (Å²) in [6, 6.07) is 9.80. The van der Waals surface area contributed by atoms with Crippen molar-refractivity contribution in [1.82, 2.24) is 9.97 Å². The molecular formula is C19H20FN5O5S. The first-order valence-corrected chi connectivity index (χ1v) is 9.89. The topological polar surface area (TPSA) is 127 Å². The average Bonchev–Trinajstić information content (AvgIpc) is 2.76. The number of aromatic nitrogens is 2. The average molecular weight is 449 g/mol. The van der Waals surface area contributed by atoms with Crippen LogP contribution in [0.2, 0.25) is 0 Å². The van der Waals surface area contributed by atoms with Gasteiger partial charge in [-0.1, -0.05) is 12.1 Å². The van der Waals surface area contributed by atoms with Crippen LogP contribution in [0.1, 0.15) is 0 Å². The molecule has 0 aliphatic carbocycles. The first-order valence-electron chi connectivity index (χ1n) is 8.78. The van der Waals surface area contributed by atoms with E-state index in [0.29, 0.717) is 34.3 Å². The van der Waals surface area contributed by atoms with Gasteiger partial charge in [-0.3, -0.25) is 9.27 Å². The lowest BCUT2D eigenvalue weighted by atomic mass is 10.2. The van der Waals surface area contributed by atoms with Crippen LogP contribution >= 0.6 is 0 Å². The first kappa shape index (κ1) is 22.1. The zero-order valence-electron chi connectivity index (χ0n) is 16.8. The second-order valence-corrected chi connectivity index (χ2v) is 6.65. The molecule has 4 N–H and O–H groups in total. The highest BCUT2D eigenvalue weighted by molar-refractivity contribution is 7.80. The van der Waals surface area contributed by atoms with Gasteiger partial charge < -0.3 is 24.8 Å². The second-order valence-electron chi connectivity index (χ2n) is 5.95. The molecule has 1 aromatic heterocycles. The normalized spacial score (nSPS) is 11.4. The van der Waals surface area contributed by atoms with Crippen molar-refractivity contribution < 1.29 is 27.4 Å². The Bertz CT molecular complexity index is 1080. The molecule has 3 aromatic rings. The van der Waals surface area contributed by atoms with E-state index in [0.717, 1.165) is 6.20 Å². The van der Waals surface area contributed by atoms with E-state index in [2.05, 4.69) is 25.3 Å². The predicted molar refractivity (Wildman–Crippen MR) is 115 cm³/mol. The molecule has 0 bridgehead atoms. The summed E-state index contributed by atoms with van der Waals surface area (Å²) in [5.41, 5.74) is 1.16. The lowest BCUT2D eigenvalue weighted by Gasteiger charge is -2.15. The number of anilines is 5. The molecule has 0 amide bonds. The third-order valence-corrected chi connectivity index (χ3v) is 4.44. The van der Waals surface area contributed by atoms with Crippen LogP contribution in [0.15, 0.2) is 42.6 Å². The number of hydrogen-bond acceptors (Lipinski definition) is 8. The fourth-order valence-electron chi connectivity index (χ4n) is 2.70. The molecule has 0 radical (unpaired) electrons. The van der Waals surface area contributed by atoms with Gasteiger partial charge in [0.25, 0.3) is 11.3 Å². The third kappa shape index (κ3) is 5.29. The van der Waals surface area contributed by atoms with Gasteiger partial charge in [0.15, 0.2) is 23.1 Å². The number of methoxy groups -OCH3 is 3. The summed E-state index contributed by atoms with van der Waals surface area (Å²) >= 11 is -2.29. The van der Waals surface area contributed by atoms with Gasteiger partial charge in [-0.05, 0) is 12.1 Å². The first-order chi connectivity index (χ1) is 14.9. The molecule has 0 fully saturated rings. The maximum atomic E-state index is 14.3. The Morgan fingerprint density at radius 2 is 1.65 bits per heavy atom. The van der Waals surface area contributed by atoms with Gasteiger partial charge in [0, 0.05) is 17.8 Å². The molecule has 0 spiro atoms. The van der Waals surface area contributed by atoms with E-state index in [9.17, 15) is 8.60 Å². The molecular weight excluding hydrogens is 429 g/mol. The van der Waals surface area contributed by atoms with E-state index in [-0.39, 0.29) is 11.8 Å². The minimum Gasteiger partial charge on any atom is -0.493 e. The van der Waals surface area contributed by atoms with Crippen molar-refractivity contribution in [3.63, 3.8) is 0 Å². The van der Waals surface area contributed by atoms with Crippen LogP contribution in [0, 0.1) is 5.82 Å². The van der Waals surface area contributed by atoms with Gasteiger partial charge in [0.2, 0.25) is 11.7 Å². The van der Waals surface area contributed by atoms with Crippen molar-refractivity contribution in [1.29, 1.82) is 0 Å². The van der Waals surface area contributed by atoms with Gasteiger partial charge in [-0.2, -0.15) is 4.98 Å². The van der Waals surface area contributed by atoms with E-state index >= 15 is 0 Å². The Balaban J connectivity index is 1.90. The Labute approximate surface area is 180 Å². The lowest BCUT2D eigenvalue weighted by molar-refractivity contribution is 0.324. The summed E-state index contributed by atoms with van der Waals surface area (Å²) < 4.78 is 52.7. The van der Waals surface area contributed by atoms with Gasteiger partial charge >= 0.3 is 0 Å². The van der Waals surface area contributed by atoms with Crippen LogP contribution in [0.3, 0.4) is 0 Å². The molecule has 1 unspecified atom stereocenters. The predicted octanol–water partition coefficient (Wildman–Crippen LogP) is 3.68. The second kappa shape index (κ2) is 9.91. The monoisotopic (exact) mass is 449 g/mol. The molecule has 0 saturated carbocycles. The summed E-state index contributed by atoms with van der Waals surface area (Å²) in [5.74, 6) is 0.500. The number of nitrogens with one attached hydrogen (secondary N) is 3. The highest BCUT2D eigenvalue weighted by Gasteiger charge is 2.15. The molecule has 0 aliphatic heterocycles. The van der Waals surface area contributed by atoms with E-state index in [1.807, 2.05) is 0 Å². The quantitative estimate of drug-likeness (QED) is 0.362. The minimum absolute atomic E-state index is 0.0920. The van der Waals surface area contributed by atoms with Crippen molar-refractivity contribution >= 4 is 40.1 Å². The SMILES string of the molecule is COc1cc(Nc2ncc(F)c(Nc3ccccc3NS(=O)O)n2)cc(OC)c1OC. The maximum absolute atomic E-state index is 14.3. The van der Waals surface area contributed by atoms with E-state index in [1.165, 1.54) is 21.3 Å². The zero-order valence-corrected chi connectivity index (χ0v) is 17.6. The van der Waals surface area contributed by atoms with Crippen LogP contribution < -0.4 is 29.6 Å². The molecule has 12 heteroatoms. The van der Waals surface area contributed by atoms with Gasteiger partial charge in [-0.15, -0.1) is 0 Å². The van der Waals surface area contributed by atoms with Crippen LogP contribution in [-0.2, 0) is 11.3 Å². The Morgan fingerprint density at radius 3 is 2.23 bits per heavy atom. The van der Waals surface area contributed by atoms with Crippen LogP contribution in [0.4, 0.5) is 33.2 Å². The molecule has 1 heterocycles. The minimum atomic E-state index is -2.29. The van der Waals surface area contributed by atoms with Crippen LogP contribution in [-0.4, -0.2) is 40.1 Å². The summed E-state index contributed by atoms with van der Waals surface area (Å²) in [4.78, 5) is 8.10. The van der Waals surface area contributed by atoms with Gasteiger partial charge in [0.05, 0.1) is 38.9 Å². The Hall–Kier alpha value is -3.64. The highest BCUT2D eigenvalue weighted by Crippen LogP contribution is 2.40. The molecule has 3 rings (SSSR count). The summed E-state index contributed by atoms with van der Waals surface area (Å²) in [5, 5.41) is 5.75. The van der Waals surface area contributed by atoms with E-state index in [4.69, 9.17) is 18.8 Å². The number of para-hydroxylation sites is 2. The summed E-state index contributed by atoms with van der Waals surface area (Å²) in [6.07, 6.45) is 0.996. The van der Waals surface area contributed by atoms with Gasteiger partial charge in [-0.25, -0.2) is 13.6 Å². The number of halogens is 1. The molecule has 1 atom stereocenters. The van der Waals surface area contributed by atoms with Crippen molar-refractivity contribution in [3.05, 3.63) is 48.4 Å². The van der Waals surface area contributed by atoms with Crippen LogP contribution in [0.5, 0.6) is 17.2 Å². The number of rotatable bonds is 9. The maximum Gasteiger partial charge on any atom is 0.259 e.